The molecule has 23 heavy (non-hydrogen) atoms. The van der Waals surface area contributed by atoms with E-state index in [1.165, 1.54) is 0 Å². The van der Waals surface area contributed by atoms with E-state index in [4.69, 9.17) is 5.73 Å². The molecule has 1 atom stereocenters. The van der Waals surface area contributed by atoms with Gasteiger partial charge in [-0.3, -0.25) is 0 Å². The molecular formula is C18H17F3N2. The fourth-order valence-electron chi connectivity index (χ4n) is 3.16. The van der Waals surface area contributed by atoms with Crippen molar-refractivity contribution >= 4 is 10.9 Å². The standard InChI is InChI=1S/C18H17F3N2/c1-12-17(15(11-22)18(19,20)21)14-9-5-6-10-16(14)23(12)13-7-3-2-4-8-13/h2-10,15H,11,22H2,1H3. The summed E-state index contributed by atoms with van der Waals surface area (Å²) in [5.74, 6) is -1.67. The molecule has 1 aromatic heterocycles. The first-order valence-electron chi connectivity index (χ1n) is 7.37. The lowest BCUT2D eigenvalue weighted by Crippen LogP contribution is -2.28. The Balaban J connectivity index is 2.35. The molecule has 0 saturated carbocycles. The van der Waals surface area contributed by atoms with Crippen LogP contribution in [0, 0.1) is 6.92 Å². The molecule has 5 heteroatoms. The van der Waals surface area contributed by atoms with Crippen molar-refractivity contribution in [1.29, 1.82) is 0 Å². The van der Waals surface area contributed by atoms with Gasteiger partial charge >= 0.3 is 6.18 Å². The van der Waals surface area contributed by atoms with E-state index in [-0.39, 0.29) is 5.56 Å². The molecule has 0 spiro atoms. The fourth-order valence-corrected chi connectivity index (χ4v) is 3.16. The van der Waals surface area contributed by atoms with Crippen LogP contribution < -0.4 is 5.73 Å². The van der Waals surface area contributed by atoms with Crippen molar-refractivity contribution < 1.29 is 13.2 Å². The third kappa shape index (κ3) is 2.61. The quantitative estimate of drug-likeness (QED) is 0.755. The van der Waals surface area contributed by atoms with Gasteiger partial charge in [0.05, 0.1) is 11.4 Å². The number of alkyl halides is 3. The van der Waals surface area contributed by atoms with Gasteiger partial charge in [-0.05, 0) is 30.7 Å². The second-order valence-electron chi connectivity index (χ2n) is 5.52. The van der Waals surface area contributed by atoms with Crippen LogP contribution in [0.25, 0.3) is 16.6 Å². The zero-order valence-electron chi connectivity index (χ0n) is 12.6. The van der Waals surface area contributed by atoms with E-state index in [1.807, 2.05) is 47.0 Å². The van der Waals surface area contributed by atoms with Gasteiger partial charge in [-0.15, -0.1) is 0 Å². The van der Waals surface area contributed by atoms with Crippen LogP contribution in [-0.4, -0.2) is 17.3 Å². The highest BCUT2D eigenvalue weighted by Crippen LogP contribution is 2.41. The smallest absolute Gasteiger partial charge is 0.330 e. The minimum absolute atomic E-state index is 0.263. The average molecular weight is 318 g/mol. The molecule has 0 bridgehead atoms. The number of aromatic nitrogens is 1. The number of rotatable bonds is 3. The van der Waals surface area contributed by atoms with Crippen LogP contribution in [0.3, 0.4) is 0 Å². The monoisotopic (exact) mass is 318 g/mol. The van der Waals surface area contributed by atoms with Crippen LogP contribution in [0.4, 0.5) is 13.2 Å². The molecule has 0 fully saturated rings. The van der Waals surface area contributed by atoms with Crippen molar-refractivity contribution in [3.8, 4) is 5.69 Å². The SMILES string of the molecule is Cc1c(C(CN)C(F)(F)F)c2ccccc2n1-c1ccccc1. The van der Waals surface area contributed by atoms with Gasteiger partial charge in [0.25, 0.3) is 0 Å². The Kier molecular flexibility index (Phi) is 3.90. The molecule has 0 aliphatic heterocycles. The summed E-state index contributed by atoms with van der Waals surface area (Å²) in [6.07, 6.45) is -4.37. The van der Waals surface area contributed by atoms with Crippen molar-refractivity contribution in [2.75, 3.05) is 6.54 Å². The average Bonchev–Trinajstić information content (AvgIpc) is 2.80. The second kappa shape index (κ2) is 5.74. The van der Waals surface area contributed by atoms with Crippen molar-refractivity contribution in [2.24, 2.45) is 5.73 Å². The molecular weight excluding hydrogens is 301 g/mol. The number of halogens is 3. The number of benzene rings is 2. The van der Waals surface area contributed by atoms with Crippen molar-refractivity contribution in [3.63, 3.8) is 0 Å². The predicted octanol–water partition coefficient (Wildman–Crippen LogP) is 4.54. The van der Waals surface area contributed by atoms with E-state index in [1.54, 1.807) is 19.1 Å². The van der Waals surface area contributed by atoms with Crippen molar-refractivity contribution in [2.45, 2.75) is 19.0 Å². The Bertz CT molecular complexity index is 819. The van der Waals surface area contributed by atoms with E-state index in [0.717, 1.165) is 11.2 Å². The minimum Gasteiger partial charge on any atom is -0.330 e. The molecule has 2 nitrogen and oxygen atoms in total. The first kappa shape index (κ1) is 15.6. The first-order chi connectivity index (χ1) is 10.9. The van der Waals surface area contributed by atoms with Gasteiger partial charge in [0.15, 0.2) is 0 Å². The largest absolute Gasteiger partial charge is 0.397 e. The van der Waals surface area contributed by atoms with Gasteiger partial charge in [-0.1, -0.05) is 36.4 Å². The maximum absolute atomic E-state index is 13.4. The van der Waals surface area contributed by atoms with Crippen molar-refractivity contribution in [1.82, 2.24) is 4.57 Å². The zero-order chi connectivity index (χ0) is 16.6. The number of para-hydroxylation sites is 2. The fraction of sp³-hybridized carbons (Fsp3) is 0.222. The Morgan fingerprint density at radius 1 is 1.00 bits per heavy atom. The Labute approximate surface area is 132 Å². The molecule has 3 aromatic rings. The predicted molar refractivity (Wildman–Crippen MR) is 85.9 cm³/mol. The summed E-state index contributed by atoms with van der Waals surface area (Å²) in [5.41, 5.74) is 7.90. The van der Waals surface area contributed by atoms with Crippen molar-refractivity contribution in [3.05, 3.63) is 65.9 Å². The summed E-state index contributed by atoms with van der Waals surface area (Å²) in [6, 6.07) is 16.5. The normalized spacial score (nSPS) is 13.4. The molecule has 0 aliphatic carbocycles. The van der Waals surface area contributed by atoms with Crippen LogP contribution in [-0.2, 0) is 0 Å². The second-order valence-corrected chi connectivity index (χ2v) is 5.52. The topological polar surface area (TPSA) is 30.9 Å². The van der Waals surface area contributed by atoms with E-state index in [0.29, 0.717) is 11.1 Å². The van der Waals surface area contributed by atoms with Gasteiger partial charge in [-0.25, -0.2) is 0 Å². The van der Waals surface area contributed by atoms with Gasteiger partial charge < -0.3 is 10.3 Å². The molecule has 0 radical (unpaired) electrons. The first-order valence-corrected chi connectivity index (χ1v) is 7.37. The van der Waals surface area contributed by atoms with Crippen LogP contribution in [0.15, 0.2) is 54.6 Å². The number of nitrogens with two attached hydrogens (primary N) is 1. The molecule has 2 aromatic carbocycles. The zero-order valence-corrected chi connectivity index (χ0v) is 12.6. The van der Waals surface area contributed by atoms with Crippen LogP contribution in [0.2, 0.25) is 0 Å². The summed E-state index contributed by atoms with van der Waals surface area (Å²) in [5, 5.41) is 0.599. The van der Waals surface area contributed by atoms with Gasteiger partial charge in [-0.2, -0.15) is 13.2 Å². The number of hydrogen-bond acceptors (Lipinski definition) is 1. The molecule has 1 heterocycles. The van der Waals surface area contributed by atoms with Gasteiger partial charge in [0.2, 0.25) is 0 Å². The third-order valence-electron chi connectivity index (χ3n) is 4.15. The number of nitrogens with zero attached hydrogens (tertiary/aromatic N) is 1. The maximum Gasteiger partial charge on any atom is 0.397 e. The van der Waals surface area contributed by atoms with E-state index < -0.39 is 18.6 Å². The van der Waals surface area contributed by atoms with E-state index >= 15 is 0 Å². The molecule has 0 amide bonds. The highest BCUT2D eigenvalue weighted by Gasteiger charge is 2.42. The minimum atomic E-state index is -4.37. The van der Waals surface area contributed by atoms with Crippen LogP contribution in [0.5, 0.6) is 0 Å². The molecule has 1 unspecified atom stereocenters. The maximum atomic E-state index is 13.4. The Morgan fingerprint density at radius 2 is 1.61 bits per heavy atom. The lowest BCUT2D eigenvalue weighted by atomic mass is 9.95. The summed E-state index contributed by atoms with van der Waals surface area (Å²) < 4.78 is 42.2. The molecule has 0 saturated heterocycles. The van der Waals surface area contributed by atoms with E-state index in [9.17, 15) is 13.2 Å². The molecule has 120 valence electrons. The van der Waals surface area contributed by atoms with Gasteiger partial charge in [0.1, 0.15) is 0 Å². The van der Waals surface area contributed by atoms with Crippen LogP contribution >= 0.6 is 0 Å². The summed E-state index contributed by atoms with van der Waals surface area (Å²) in [6.45, 7) is 1.25. The van der Waals surface area contributed by atoms with Crippen LogP contribution in [0.1, 0.15) is 17.2 Å². The third-order valence-corrected chi connectivity index (χ3v) is 4.15. The van der Waals surface area contributed by atoms with Gasteiger partial charge in [0, 0.05) is 23.3 Å². The highest BCUT2D eigenvalue weighted by atomic mass is 19.4. The lowest BCUT2D eigenvalue weighted by molar-refractivity contribution is -0.147. The summed E-state index contributed by atoms with van der Waals surface area (Å²) in [4.78, 5) is 0. The molecule has 2 N–H and O–H groups in total. The number of fused-ring (bicyclic) bond motifs is 1. The highest BCUT2D eigenvalue weighted by molar-refractivity contribution is 5.88. The molecule has 0 aliphatic rings. The lowest BCUT2D eigenvalue weighted by Gasteiger charge is -2.19. The summed E-state index contributed by atoms with van der Waals surface area (Å²) >= 11 is 0. The Morgan fingerprint density at radius 3 is 2.22 bits per heavy atom. The molecule has 3 rings (SSSR count). The Hall–Kier alpha value is -2.27. The summed E-state index contributed by atoms with van der Waals surface area (Å²) in [7, 11) is 0. The van der Waals surface area contributed by atoms with E-state index in [2.05, 4.69) is 0 Å². The number of hydrogen-bond donors (Lipinski definition) is 1.